The molecular formula is C13H7BrClN5O4S. The number of oxazole rings is 1. The molecule has 0 saturated heterocycles. The van der Waals surface area contributed by atoms with E-state index in [9.17, 15) is 13.2 Å². The van der Waals surface area contributed by atoms with Crippen LogP contribution in [0.25, 0.3) is 22.1 Å². The number of nitrogens with one attached hydrogen (secondary N) is 3. The van der Waals surface area contributed by atoms with Crippen LogP contribution in [0.15, 0.2) is 42.8 Å². The molecule has 0 spiro atoms. The lowest BCUT2D eigenvalue weighted by Crippen LogP contribution is -2.14. The van der Waals surface area contributed by atoms with Crippen LogP contribution >= 0.6 is 27.5 Å². The van der Waals surface area contributed by atoms with Gasteiger partial charge in [-0.2, -0.15) is 15.4 Å². The van der Waals surface area contributed by atoms with E-state index in [-0.39, 0.29) is 31.2 Å². The largest absolute Gasteiger partial charge is 0.417 e. The average molecular weight is 445 g/mol. The summed E-state index contributed by atoms with van der Waals surface area (Å²) in [5.74, 6) is -0.734. The van der Waals surface area contributed by atoms with Crippen LogP contribution < -0.4 is 10.5 Å². The third-order valence-electron chi connectivity index (χ3n) is 3.40. The maximum absolute atomic E-state index is 12.8. The first-order valence-corrected chi connectivity index (χ1v) is 9.35. The molecule has 2 aromatic carbocycles. The van der Waals surface area contributed by atoms with E-state index in [0.717, 1.165) is 0 Å². The number of aromatic nitrogens is 4. The number of nitrogens with zero attached hydrogens (tertiary/aromatic N) is 2. The molecule has 0 unspecified atom stereocenters. The number of benzene rings is 2. The first-order valence-electron chi connectivity index (χ1n) is 6.69. The Morgan fingerprint density at radius 3 is 2.76 bits per heavy atom. The molecular weight excluding hydrogens is 438 g/mol. The van der Waals surface area contributed by atoms with E-state index in [1.807, 2.05) is 0 Å². The molecule has 128 valence electrons. The summed E-state index contributed by atoms with van der Waals surface area (Å²) in [5.41, 5.74) is 1.61. The van der Waals surface area contributed by atoms with Crippen molar-refractivity contribution >= 4 is 65.4 Å². The van der Waals surface area contributed by atoms with E-state index >= 15 is 0 Å². The van der Waals surface area contributed by atoms with Gasteiger partial charge in [-0.15, -0.1) is 0 Å². The zero-order valence-electron chi connectivity index (χ0n) is 12.0. The lowest BCUT2D eigenvalue weighted by molar-refractivity contribution is 0.554. The molecule has 25 heavy (non-hydrogen) atoms. The summed E-state index contributed by atoms with van der Waals surface area (Å²) in [5, 5.41) is 10.0. The second-order valence-electron chi connectivity index (χ2n) is 5.03. The normalized spacial score (nSPS) is 12.1. The topological polar surface area (TPSA) is 134 Å². The number of halogens is 2. The second kappa shape index (κ2) is 5.58. The SMILES string of the molecule is O=c1[nH]c2cc(Br)c(S(=O)(=O)Nc3ccc4n[nH]nc4c3)c(Cl)c2o1. The Morgan fingerprint density at radius 1 is 1.20 bits per heavy atom. The van der Waals surface area contributed by atoms with Crippen molar-refractivity contribution < 1.29 is 12.8 Å². The van der Waals surface area contributed by atoms with Gasteiger partial charge >= 0.3 is 5.76 Å². The van der Waals surface area contributed by atoms with Crippen LogP contribution in [0.3, 0.4) is 0 Å². The molecule has 4 rings (SSSR count). The summed E-state index contributed by atoms with van der Waals surface area (Å²) in [6, 6.07) is 6.08. The minimum atomic E-state index is -4.07. The fourth-order valence-corrected chi connectivity index (χ4v) is 5.27. The number of rotatable bonds is 3. The second-order valence-corrected chi connectivity index (χ2v) is 7.88. The zero-order valence-corrected chi connectivity index (χ0v) is 15.2. The van der Waals surface area contributed by atoms with Crippen LogP contribution in [0.1, 0.15) is 0 Å². The molecule has 4 aromatic rings. The van der Waals surface area contributed by atoms with Crippen LogP contribution in [0.2, 0.25) is 5.02 Å². The van der Waals surface area contributed by atoms with Gasteiger partial charge in [0.05, 0.1) is 11.2 Å². The molecule has 0 bridgehead atoms. The highest BCUT2D eigenvalue weighted by Gasteiger charge is 2.26. The Bertz CT molecular complexity index is 1290. The van der Waals surface area contributed by atoms with Gasteiger partial charge in [0.2, 0.25) is 0 Å². The summed E-state index contributed by atoms with van der Waals surface area (Å²) in [4.78, 5) is 13.5. The van der Waals surface area contributed by atoms with E-state index in [1.165, 1.54) is 12.1 Å². The van der Waals surface area contributed by atoms with E-state index in [1.54, 1.807) is 12.1 Å². The molecule has 2 heterocycles. The van der Waals surface area contributed by atoms with Crippen LogP contribution in [0.4, 0.5) is 5.69 Å². The van der Waals surface area contributed by atoms with Gasteiger partial charge in [-0.25, -0.2) is 13.2 Å². The van der Waals surface area contributed by atoms with Crippen LogP contribution in [0, 0.1) is 0 Å². The maximum atomic E-state index is 12.8. The fraction of sp³-hybridized carbons (Fsp3) is 0. The summed E-state index contributed by atoms with van der Waals surface area (Å²) in [6.07, 6.45) is 0. The van der Waals surface area contributed by atoms with Crippen molar-refractivity contribution in [3.05, 3.63) is 44.3 Å². The van der Waals surface area contributed by atoms with Crippen molar-refractivity contribution in [3.63, 3.8) is 0 Å². The van der Waals surface area contributed by atoms with Crippen LogP contribution in [0.5, 0.6) is 0 Å². The number of hydrogen-bond donors (Lipinski definition) is 3. The maximum Gasteiger partial charge on any atom is 0.417 e. The lowest BCUT2D eigenvalue weighted by atomic mass is 10.3. The number of sulfonamides is 1. The molecule has 0 aliphatic heterocycles. The van der Waals surface area contributed by atoms with Crippen molar-refractivity contribution in [1.82, 2.24) is 20.4 Å². The summed E-state index contributed by atoms with van der Waals surface area (Å²) in [6.45, 7) is 0. The Kier molecular flexibility index (Phi) is 3.60. The molecule has 0 amide bonds. The van der Waals surface area contributed by atoms with Gasteiger partial charge in [-0.1, -0.05) is 11.6 Å². The monoisotopic (exact) mass is 443 g/mol. The number of hydrogen-bond acceptors (Lipinski definition) is 6. The zero-order chi connectivity index (χ0) is 17.8. The molecule has 3 N–H and O–H groups in total. The van der Waals surface area contributed by atoms with Gasteiger partial charge in [0.1, 0.15) is 21.0 Å². The van der Waals surface area contributed by atoms with E-state index < -0.39 is 15.8 Å². The smallest absolute Gasteiger partial charge is 0.406 e. The van der Waals surface area contributed by atoms with Gasteiger partial charge < -0.3 is 4.42 Å². The minimum absolute atomic E-state index is 0.0396. The standard InChI is InChI=1S/C13H7BrClN5O4S/c14-6-4-9-11(24-13(21)16-9)10(15)12(6)25(22,23)19-5-1-2-7-8(3-5)18-20-17-7/h1-4,19H,(H,16,21)(H,17,18,20). The Morgan fingerprint density at radius 2 is 1.96 bits per heavy atom. The predicted octanol–water partition coefficient (Wildman–Crippen LogP) is 2.61. The van der Waals surface area contributed by atoms with E-state index in [0.29, 0.717) is 11.0 Å². The molecule has 0 saturated carbocycles. The quantitative estimate of drug-likeness (QED) is 0.445. The van der Waals surface area contributed by atoms with Gasteiger partial charge in [0.25, 0.3) is 10.0 Å². The molecule has 0 aliphatic rings. The lowest BCUT2D eigenvalue weighted by Gasteiger charge is -2.11. The number of H-pyrrole nitrogens is 2. The average Bonchev–Trinajstić information content (AvgIpc) is 3.11. The Labute approximate surface area is 152 Å². The number of fused-ring (bicyclic) bond motifs is 2. The number of aromatic amines is 2. The highest BCUT2D eigenvalue weighted by atomic mass is 79.9. The van der Waals surface area contributed by atoms with Gasteiger partial charge in [-0.05, 0) is 40.2 Å². The molecule has 2 aromatic heterocycles. The number of anilines is 1. The first kappa shape index (κ1) is 16.1. The van der Waals surface area contributed by atoms with Crippen molar-refractivity contribution in [3.8, 4) is 0 Å². The van der Waals surface area contributed by atoms with Crippen molar-refractivity contribution in [2.24, 2.45) is 0 Å². The van der Waals surface area contributed by atoms with Crippen molar-refractivity contribution in [2.45, 2.75) is 4.90 Å². The summed E-state index contributed by atoms with van der Waals surface area (Å²) >= 11 is 9.32. The molecule has 0 aliphatic carbocycles. The van der Waals surface area contributed by atoms with Crippen molar-refractivity contribution in [1.29, 1.82) is 0 Å². The third kappa shape index (κ3) is 2.69. The predicted molar refractivity (Wildman–Crippen MR) is 94.2 cm³/mol. The molecule has 0 radical (unpaired) electrons. The van der Waals surface area contributed by atoms with Crippen LogP contribution in [-0.2, 0) is 10.0 Å². The minimum Gasteiger partial charge on any atom is -0.406 e. The molecule has 12 heteroatoms. The Balaban J connectivity index is 1.84. The van der Waals surface area contributed by atoms with Gasteiger partial charge in [0, 0.05) is 4.47 Å². The fourth-order valence-electron chi connectivity index (χ4n) is 2.36. The highest BCUT2D eigenvalue weighted by Crippen LogP contribution is 2.36. The van der Waals surface area contributed by atoms with Crippen molar-refractivity contribution in [2.75, 3.05) is 4.72 Å². The van der Waals surface area contributed by atoms with E-state index in [4.69, 9.17) is 16.0 Å². The highest BCUT2D eigenvalue weighted by molar-refractivity contribution is 9.10. The van der Waals surface area contributed by atoms with Gasteiger partial charge in [0.15, 0.2) is 5.58 Å². The molecule has 0 fully saturated rings. The third-order valence-corrected chi connectivity index (χ3v) is 6.23. The summed E-state index contributed by atoms with van der Waals surface area (Å²) in [7, 11) is -4.07. The first-order chi connectivity index (χ1) is 11.8. The summed E-state index contributed by atoms with van der Waals surface area (Å²) < 4.78 is 33.0. The molecule has 9 nitrogen and oxygen atoms in total. The van der Waals surface area contributed by atoms with E-state index in [2.05, 4.69) is 41.0 Å². The molecule has 0 atom stereocenters. The van der Waals surface area contributed by atoms with Gasteiger partial charge in [-0.3, -0.25) is 9.71 Å². The van der Waals surface area contributed by atoms with Crippen LogP contribution in [-0.4, -0.2) is 28.8 Å². The Hall–Kier alpha value is -2.37.